The lowest BCUT2D eigenvalue weighted by atomic mass is 10.3. The SMILES string of the molecule is OC[C@@H]1CSCCN1. The molecule has 0 aromatic carbocycles. The van der Waals surface area contributed by atoms with Crippen LogP contribution in [0.4, 0.5) is 0 Å². The lowest BCUT2D eigenvalue weighted by Gasteiger charge is -2.20. The average Bonchev–Trinajstić information content (AvgIpc) is 1.90. The third kappa shape index (κ3) is 1.65. The molecular weight excluding hydrogens is 122 g/mol. The molecule has 1 aliphatic rings. The molecule has 0 aromatic rings. The summed E-state index contributed by atoms with van der Waals surface area (Å²) < 4.78 is 0. The molecule has 0 saturated carbocycles. The first-order valence-corrected chi connectivity index (χ1v) is 4.01. The van der Waals surface area contributed by atoms with E-state index in [0.29, 0.717) is 6.04 Å². The maximum Gasteiger partial charge on any atom is 0.0592 e. The summed E-state index contributed by atoms with van der Waals surface area (Å²) in [5.41, 5.74) is 0. The molecule has 1 aliphatic heterocycles. The molecule has 0 radical (unpaired) electrons. The van der Waals surface area contributed by atoms with Gasteiger partial charge in [0.1, 0.15) is 0 Å². The summed E-state index contributed by atoms with van der Waals surface area (Å²) >= 11 is 1.91. The van der Waals surface area contributed by atoms with Crippen LogP contribution in [-0.2, 0) is 0 Å². The first-order valence-electron chi connectivity index (χ1n) is 2.85. The number of hydrogen-bond donors (Lipinski definition) is 2. The molecular formula is C5H11NOS. The van der Waals surface area contributed by atoms with Gasteiger partial charge in [-0.05, 0) is 0 Å². The summed E-state index contributed by atoms with van der Waals surface area (Å²) in [7, 11) is 0. The normalized spacial score (nSPS) is 30.4. The lowest BCUT2D eigenvalue weighted by molar-refractivity contribution is 0.254. The van der Waals surface area contributed by atoms with Gasteiger partial charge < -0.3 is 10.4 Å². The molecule has 3 heteroatoms. The van der Waals surface area contributed by atoms with Gasteiger partial charge in [0.05, 0.1) is 6.61 Å². The smallest absolute Gasteiger partial charge is 0.0592 e. The van der Waals surface area contributed by atoms with Gasteiger partial charge in [0, 0.05) is 24.1 Å². The molecule has 0 unspecified atom stereocenters. The van der Waals surface area contributed by atoms with Crippen molar-refractivity contribution in [2.45, 2.75) is 6.04 Å². The van der Waals surface area contributed by atoms with Crippen molar-refractivity contribution in [3.05, 3.63) is 0 Å². The van der Waals surface area contributed by atoms with Crippen LogP contribution in [0.25, 0.3) is 0 Å². The number of aliphatic hydroxyl groups excluding tert-OH is 1. The van der Waals surface area contributed by atoms with Crippen LogP contribution in [0.2, 0.25) is 0 Å². The zero-order valence-corrected chi connectivity index (χ0v) is 5.58. The van der Waals surface area contributed by atoms with E-state index in [0.717, 1.165) is 12.3 Å². The van der Waals surface area contributed by atoms with Crippen molar-refractivity contribution < 1.29 is 5.11 Å². The van der Waals surface area contributed by atoms with Gasteiger partial charge in [0.15, 0.2) is 0 Å². The summed E-state index contributed by atoms with van der Waals surface area (Å²) in [6.45, 7) is 1.34. The Morgan fingerprint density at radius 3 is 3.00 bits per heavy atom. The molecule has 0 aliphatic carbocycles. The molecule has 0 spiro atoms. The van der Waals surface area contributed by atoms with E-state index in [1.54, 1.807) is 0 Å². The van der Waals surface area contributed by atoms with Crippen molar-refractivity contribution in [3.8, 4) is 0 Å². The van der Waals surface area contributed by atoms with Crippen molar-refractivity contribution in [1.82, 2.24) is 5.32 Å². The van der Waals surface area contributed by atoms with Crippen LogP contribution >= 0.6 is 11.8 Å². The highest BCUT2D eigenvalue weighted by atomic mass is 32.2. The topological polar surface area (TPSA) is 32.3 Å². The van der Waals surface area contributed by atoms with E-state index >= 15 is 0 Å². The minimum Gasteiger partial charge on any atom is -0.395 e. The Bertz CT molecular complexity index is 63.4. The molecule has 2 N–H and O–H groups in total. The van der Waals surface area contributed by atoms with Gasteiger partial charge in [0.2, 0.25) is 0 Å². The summed E-state index contributed by atoms with van der Waals surface area (Å²) in [6, 6.07) is 0.355. The molecule has 2 nitrogen and oxygen atoms in total. The van der Waals surface area contributed by atoms with Crippen LogP contribution in [0.3, 0.4) is 0 Å². The second-order valence-electron chi connectivity index (χ2n) is 1.91. The molecule has 1 saturated heterocycles. The number of nitrogens with one attached hydrogen (secondary N) is 1. The van der Waals surface area contributed by atoms with Gasteiger partial charge >= 0.3 is 0 Å². The van der Waals surface area contributed by atoms with Crippen LogP contribution < -0.4 is 5.32 Å². The van der Waals surface area contributed by atoms with Gasteiger partial charge in [-0.3, -0.25) is 0 Å². The van der Waals surface area contributed by atoms with Gasteiger partial charge in [-0.25, -0.2) is 0 Å². The van der Waals surface area contributed by atoms with Crippen LogP contribution in [0, 0.1) is 0 Å². The molecule has 1 heterocycles. The molecule has 8 heavy (non-hydrogen) atoms. The molecule has 1 rings (SSSR count). The van der Waals surface area contributed by atoms with Gasteiger partial charge in [-0.1, -0.05) is 0 Å². The van der Waals surface area contributed by atoms with Gasteiger partial charge in [-0.2, -0.15) is 11.8 Å². The highest BCUT2D eigenvalue weighted by Crippen LogP contribution is 2.05. The van der Waals surface area contributed by atoms with Crippen molar-refractivity contribution >= 4 is 11.8 Å². The fourth-order valence-electron chi connectivity index (χ4n) is 0.737. The quantitative estimate of drug-likeness (QED) is 0.514. The van der Waals surface area contributed by atoms with Crippen molar-refractivity contribution in [2.75, 3.05) is 24.7 Å². The van der Waals surface area contributed by atoms with Crippen LogP contribution in [-0.4, -0.2) is 35.8 Å². The number of thioether (sulfide) groups is 1. The molecule has 0 amide bonds. The standard InChI is InChI=1S/C5H11NOS/c7-3-5-4-8-2-1-6-5/h5-7H,1-4H2/t5-/m1/s1. The first kappa shape index (κ1) is 6.39. The fourth-order valence-corrected chi connectivity index (χ4v) is 1.67. The van der Waals surface area contributed by atoms with Crippen molar-refractivity contribution in [3.63, 3.8) is 0 Å². The van der Waals surface area contributed by atoms with Gasteiger partial charge in [0.25, 0.3) is 0 Å². The first-order chi connectivity index (χ1) is 3.93. The molecule has 1 atom stereocenters. The Hall–Kier alpha value is 0.270. The third-order valence-electron chi connectivity index (χ3n) is 1.22. The summed E-state index contributed by atoms with van der Waals surface area (Å²) in [5.74, 6) is 2.26. The van der Waals surface area contributed by atoms with E-state index in [1.807, 2.05) is 11.8 Å². The highest BCUT2D eigenvalue weighted by Gasteiger charge is 2.09. The Kier molecular flexibility index (Phi) is 2.66. The van der Waals surface area contributed by atoms with E-state index < -0.39 is 0 Å². The van der Waals surface area contributed by atoms with Crippen molar-refractivity contribution in [1.29, 1.82) is 0 Å². The molecule has 1 fully saturated rings. The van der Waals surface area contributed by atoms with Crippen LogP contribution in [0.5, 0.6) is 0 Å². The average molecular weight is 133 g/mol. The number of hydrogen-bond acceptors (Lipinski definition) is 3. The largest absolute Gasteiger partial charge is 0.395 e. The predicted molar refractivity (Wildman–Crippen MR) is 36.2 cm³/mol. The van der Waals surface area contributed by atoms with E-state index in [2.05, 4.69) is 5.32 Å². The summed E-state index contributed by atoms with van der Waals surface area (Å²) in [6.07, 6.45) is 0. The minimum atomic E-state index is 0.285. The van der Waals surface area contributed by atoms with E-state index in [-0.39, 0.29) is 6.61 Å². The number of aliphatic hydroxyl groups is 1. The highest BCUT2D eigenvalue weighted by molar-refractivity contribution is 7.99. The van der Waals surface area contributed by atoms with Crippen LogP contribution in [0.1, 0.15) is 0 Å². The Morgan fingerprint density at radius 1 is 1.75 bits per heavy atom. The molecule has 0 bridgehead atoms. The second kappa shape index (κ2) is 3.33. The van der Waals surface area contributed by atoms with E-state index in [1.165, 1.54) is 5.75 Å². The minimum absolute atomic E-state index is 0.285. The monoisotopic (exact) mass is 133 g/mol. The Labute approximate surface area is 53.7 Å². The Morgan fingerprint density at radius 2 is 2.62 bits per heavy atom. The van der Waals surface area contributed by atoms with Crippen molar-refractivity contribution in [2.24, 2.45) is 0 Å². The molecule has 0 aromatic heterocycles. The van der Waals surface area contributed by atoms with E-state index in [4.69, 9.17) is 5.11 Å². The zero-order chi connectivity index (χ0) is 5.82. The second-order valence-corrected chi connectivity index (χ2v) is 3.06. The van der Waals surface area contributed by atoms with Gasteiger partial charge in [-0.15, -0.1) is 0 Å². The number of rotatable bonds is 1. The fraction of sp³-hybridized carbons (Fsp3) is 1.00. The zero-order valence-electron chi connectivity index (χ0n) is 4.76. The Balaban J connectivity index is 2.13. The van der Waals surface area contributed by atoms with Crippen LogP contribution in [0.15, 0.2) is 0 Å². The lowest BCUT2D eigenvalue weighted by Crippen LogP contribution is -2.39. The maximum absolute atomic E-state index is 8.62. The molecule has 48 valence electrons. The predicted octanol–water partition coefficient (Wildman–Crippen LogP) is -0.316. The summed E-state index contributed by atoms with van der Waals surface area (Å²) in [5, 5.41) is 11.8. The van der Waals surface area contributed by atoms with E-state index in [9.17, 15) is 0 Å². The maximum atomic E-state index is 8.62. The summed E-state index contributed by atoms with van der Waals surface area (Å²) in [4.78, 5) is 0. The third-order valence-corrected chi connectivity index (χ3v) is 2.35.